The Balaban J connectivity index is 1.20. The Hall–Kier alpha value is -6.20. The molecule has 0 radical (unpaired) electrons. The van der Waals surface area contributed by atoms with Crippen molar-refractivity contribution in [3.8, 4) is 50.9 Å². The van der Waals surface area contributed by atoms with E-state index in [1.54, 1.807) is 0 Å². The molecule has 0 bridgehead atoms. The van der Waals surface area contributed by atoms with Crippen LogP contribution >= 0.6 is 0 Å². The Morgan fingerprint density at radius 1 is 0.562 bits per heavy atom. The average molecular weight is 839 g/mol. The fourth-order valence-electron chi connectivity index (χ4n) is 10.7. The predicted molar refractivity (Wildman–Crippen MR) is 272 cm³/mol. The number of ether oxygens (including phenoxy) is 2. The number of aromatic nitrogens is 1. The Labute approximate surface area is 379 Å². The molecule has 1 aromatic heterocycles. The average Bonchev–Trinajstić information content (AvgIpc) is 3.59. The molecule has 3 aliphatic rings. The van der Waals surface area contributed by atoms with Gasteiger partial charge >= 0.3 is 0 Å². The molecule has 5 heteroatoms. The molecule has 0 unspecified atom stereocenters. The molecule has 320 valence electrons. The van der Waals surface area contributed by atoms with Crippen LogP contribution in [0.25, 0.3) is 49.7 Å². The zero-order chi connectivity index (χ0) is 44.7. The smallest absolute Gasteiger partial charge is 0.198 e. The number of benzene rings is 7. The number of hydrogen-bond donors (Lipinski definition) is 1. The van der Waals surface area contributed by atoms with E-state index in [2.05, 4.69) is 183 Å². The number of nitrogens with zero attached hydrogens (tertiary/aromatic N) is 1. The van der Waals surface area contributed by atoms with E-state index in [9.17, 15) is 0 Å². The maximum atomic E-state index is 6.73. The topological polar surface area (TPSA) is 35.4 Å². The van der Waals surface area contributed by atoms with Gasteiger partial charge in [-0.2, -0.15) is 0 Å². The number of rotatable bonds is 4. The molecular formula is C59H59BN2O2. The summed E-state index contributed by atoms with van der Waals surface area (Å²) in [5, 5.41) is 6.70. The molecule has 1 aliphatic carbocycles. The van der Waals surface area contributed by atoms with Gasteiger partial charge in [0.05, 0.1) is 11.2 Å². The molecule has 64 heavy (non-hydrogen) atoms. The number of anilines is 2. The van der Waals surface area contributed by atoms with E-state index in [1.807, 2.05) is 24.3 Å². The first-order valence-corrected chi connectivity index (χ1v) is 23.2. The van der Waals surface area contributed by atoms with Gasteiger partial charge in [0.25, 0.3) is 0 Å². The first kappa shape index (κ1) is 40.6. The van der Waals surface area contributed by atoms with Crippen molar-refractivity contribution in [2.45, 2.75) is 111 Å². The lowest BCUT2D eigenvalue weighted by Crippen LogP contribution is -2.38. The second-order valence-electron chi connectivity index (χ2n) is 22.3. The first-order valence-electron chi connectivity index (χ1n) is 23.2. The second-order valence-corrected chi connectivity index (χ2v) is 22.3. The van der Waals surface area contributed by atoms with Crippen molar-refractivity contribution < 1.29 is 9.47 Å². The lowest BCUT2D eigenvalue weighted by atomic mass is 9.58. The molecule has 7 aromatic carbocycles. The van der Waals surface area contributed by atoms with E-state index in [0.29, 0.717) is 11.5 Å². The minimum Gasteiger partial charge on any atom is -0.449 e. The third kappa shape index (κ3) is 6.48. The summed E-state index contributed by atoms with van der Waals surface area (Å²) in [7, 11) is 0.792. The van der Waals surface area contributed by atoms with Gasteiger partial charge in [-0.05, 0) is 146 Å². The fraction of sp³-hybridized carbons (Fsp3) is 0.288. The summed E-state index contributed by atoms with van der Waals surface area (Å²) in [6.07, 6.45) is 2.33. The van der Waals surface area contributed by atoms with Crippen molar-refractivity contribution >= 4 is 51.4 Å². The van der Waals surface area contributed by atoms with Gasteiger partial charge in [0.15, 0.2) is 30.3 Å². The number of aryl methyl sites for hydroxylation is 1. The van der Waals surface area contributed by atoms with Gasteiger partial charge < -0.3 is 19.4 Å². The summed E-state index contributed by atoms with van der Waals surface area (Å²) in [6.45, 7) is 25.8. The standard InChI is InChI=1S/C59H59BN2O2/c1-34-25-43-44(59(10,11)24-23-58(43,8)9)32-46(34)61-47-33-53-52(63-50-19-15-16-20-51(50)64-53)31-39(47)41-26-36(35-17-13-12-14-18-35)27-49-54(41)60-45-30-38(57(5,6)7)29-42-40-28-37(56(2,3)4)21-22-48(40)62(49)55(42)45/h12-22,25-33,60-61H,23-24H2,1-11H3. The summed E-state index contributed by atoms with van der Waals surface area (Å²) in [5.41, 5.74) is 20.1. The van der Waals surface area contributed by atoms with Crippen LogP contribution in [0.3, 0.4) is 0 Å². The first-order chi connectivity index (χ1) is 30.3. The van der Waals surface area contributed by atoms with Crippen LogP contribution in [-0.4, -0.2) is 11.8 Å². The van der Waals surface area contributed by atoms with Gasteiger partial charge in [-0.1, -0.05) is 135 Å². The molecule has 8 aromatic rings. The van der Waals surface area contributed by atoms with Gasteiger partial charge in [0.1, 0.15) is 0 Å². The van der Waals surface area contributed by atoms with Crippen LogP contribution in [0.5, 0.6) is 23.0 Å². The van der Waals surface area contributed by atoms with Crippen LogP contribution in [0, 0.1) is 6.92 Å². The molecule has 4 nitrogen and oxygen atoms in total. The van der Waals surface area contributed by atoms with Crippen molar-refractivity contribution in [1.82, 2.24) is 4.57 Å². The van der Waals surface area contributed by atoms with Crippen molar-refractivity contribution in [1.29, 1.82) is 0 Å². The Morgan fingerprint density at radius 3 is 1.86 bits per heavy atom. The van der Waals surface area contributed by atoms with E-state index in [4.69, 9.17) is 9.47 Å². The highest BCUT2D eigenvalue weighted by Crippen LogP contribution is 2.52. The van der Waals surface area contributed by atoms with Gasteiger partial charge in [-0.3, -0.25) is 0 Å². The molecule has 0 saturated heterocycles. The van der Waals surface area contributed by atoms with Crippen LogP contribution in [0.1, 0.15) is 110 Å². The van der Waals surface area contributed by atoms with Crippen LogP contribution in [0.4, 0.5) is 11.4 Å². The Kier molecular flexibility index (Phi) is 8.81. The summed E-state index contributed by atoms with van der Waals surface area (Å²) >= 11 is 0. The number of para-hydroxylation sites is 2. The molecule has 0 spiro atoms. The van der Waals surface area contributed by atoms with E-state index < -0.39 is 0 Å². The molecule has 3 heterocycles. The molecule has 1 N–H and O–H groups in total. The van der Waals surface area contributed by atoms with Gasteiger partial charge in [0, 0.05) is 39.3 Å². The van der Waals surface area contributed by atoms with Gasteiger partial charge in [0.2, 0.25) is 0 Å². The number of fused-ring (bicyclic) bond motifs is 8. The van der Waals surface area contributed by atoms with Crippen LogP contribution < -0.4 is 25.7 Å². The summed E-state index contributed by atoms with van der Waals surface area (Å²) < 4.78 is 16.0. The highest BCUT2D eigenvalue weighted by atomic mass is 16.6. The molecule has 0 saturated carbocycles. The van der Waals surface area contributed by atoms with Crippen molar-refractivity contribution in [2.75, 3.05) is 5.32 Å². The third-order valence-electron chi connectivity index (χ3n) is 14.7. The lowest BCUT2D eigenvalue weighted by molar-refractivity contribution is 0.332. The third-order valence-corrected chi connectivity index (χ3v) is 14.7. The predicted octanol–water partition coefficient (Wildman–Crippen LogP) is 14.7. The molecule has 0 atom stereocenters. The van der Waals surface area contributed by atoms with Gasteiger partial charge in [-0.25, -0.2) is 0 Å². The second kappa shape index (κ2) is 13.9. The number of nitrogens with one attached hydrogen (secondary N) is 1. The van der Waals surface area contributed by atoms with Gasteiger partial charge in [-0.15, -0.1) is 0 Å². The molecule has 2 aliphatic heterocycles. The maximum absolute atomic E-state index is 6.73. The highest BCUT2D eigenvalue weighted by molar-refractivity contribution is 6.73. The summed E-state index contributed by atoms with van der Waals surface area (Å²) in [6, 6.07) is 45.1. The quantitative estimate of drug-likeness (QED) is 0.179. The molecule has 11 rings (SSSR count). The van der Waals surface area contributed by atoms with Crippen molar-refractivity contribution in [3.05, 3.63) is 149 Å². The summed E-state index contributed by atoms with van der Waals surface area (Å²) in [5.74, 6) is 2.84. The van der Waals surface area contributed by atoms with Crippen molar-refractivity contribution in [2.24, 2.45) is 0 Å². The summed E-state index contributed by atoms with van der Waals surface area (Å²) in [4.78, 5) is 0. The largest absolute Gasteiger partial charge is 0.449 e. The lowest BCUT2D eigenvalue weighted by Gasteiger charge is -2.42. The van der Waals surface area contributed by atoms with E-state index in [-0.39, 0.29) is 21.7 Å². The minimum absolute atomic E-state index is 0.0172. The van der Waals surface area contributed by atoms with Crippen molar-refractivity contribution in [3.63, 3.8) is 0 Å². The highest BCUT2D eigenvalue weighted by Gasteiger charge is 2.38. The monoisotopic (exact) mass is 838 g/mol. The van der Waals surface area contributed by atoms with Crippen LogP contribution in [-0.2, 0) is 21.7 Å². The zero-order valence-electron chi connectivity index (χ0n) is 39.4. The molecule has 0 fully saturated rings. The molecule has 0 amide bonds. The van der Waals surface area contributed by atoms with Crippen LogP contribution in [0.15, 0.2) is 121 Å². The van der Waals surface area contributed by atoms with Crippen LogP contribution in [0.2, 0.25) is 0 Å². The number of hydrogen-bond acceptors (Lipinski definition) is 3. The SMILES string of the molecule is Cc1cc2c(cc1Nc1cc3c(cc1-c1cc(-c4ccccc4)cc4c1Bc1cc(C(C)(C)C)cc5c6cc(C(C)(C)C)ccc6n-4c15)Oc1ccccc1O3)C(C)(C)CCC2(C)C. The van der Waals surface area contributed by atoms with E-state index >= 15 is 0 Å². The van der Waals surface area contributed by atoms with E-state index in [1.165, 1.54) is 89.3 Å². The maximum Gasteiger partial charge on any atom is 0.198 e. The fourth-order valence-corrected chi connectivity index (χ4v) is 10.7. The Morgan fingerprint density at radius 2 is 1.19 bits per heavy atom. The molecular weight excluding hydrogens is 779 g/mol. The Bertz CT molecular complexity index is 3250. The normalized spacial score (nSPS) is 15.6. The minimum atomic E-state index is -0.0270. The van der Waals surface area contributed by atoms with E-state index in [0.717, 1.165) is 42.1 Å². The zero-order valence-corrected chi connectivity index (χ0v) is 39.4.